The molecule has 2 nitrogen and oxygen atoms in total. The fourth-order valence-electron chi connectivity index (χ4n) is 1.24. The van der Waals surface area contributed by atoms with Crippen LogP contribution in [-0.2, 0) is 0 Å². The van der Waals surface area contributed by atoms with E-state index in [2.05, 4.69) is 25.9 Å². The minimum atomic E-state index is -0.713. The summed E-state index contributed by atoms with van der Waals surface area (Å²) in [6.45, 7) is 0. The SMILES string of the molecule is Fc1ccc(Br)c(F)c1-c1ccnc(Cl)n1. The monoisotopic (exact) mass is 304 g/mol. The van der Waals surface area contributed by atoms with Crippen LogP contribution in [0.15, 0.2) is 28.9 Å². The van der Waals surface area contributed by atoms with Crippen molar-refractivity contribution in [1.29, 1.82) is 0 Å². The fraction of sp³-hybridized carbons (Fsp3) is 0. The lowest BCUT2D eigenvalue weighted by molar-refractivity contribution is 0.584. The van der Waals surface area contributed by atoms with Gasteiger partial charge in [-0.15, -0.1) is 0 Å². The second-order valence-corrected chi connectivity index (χ2v) is 4.12. The third-order valence-electron chi connectivity index (χ3n) is 1.93. The van der Waals surface area contributed by atoms with Crippen molar-refractivity contribution in [3.8, 4) is 11.3 Å². The van der Waals surface area contributed by atoms with Crippen molar-refractivity contribution >= 4 is 27.5 Å². The van der Waals surface area contributed by atoms with E-state index < -0.39 is 11.6 Å². The van der Waals surface area contributed by atoms with Crippen molar-refractivity contribution in [2.45, 2.75) is 0 Å². The van der Waals surface area contributed by atoms with Gasteiger partial charge in [0.2, 0.25) is 5.28 Å². The molecule has 0 atom stereocenters. The van der Waals surface area contributed by atoms with Crippen LogP contribution in [0.1, 0.15) is 0 Å². The zero-order valence-corrected chi connectivity index (χ0v) is 10.1. The Kier molecular flexibility index (Phi) is 3.16. The van der Waals surface area contributed by atoms with Crippen LogP contribution in [0, 0.1) is 11.6 Å². The predicted molar refractivity (Wildman–Crippen MR) is 60.1 cm³/mol. The molecule has 0 amide bonds. The third kappa shape index (κ3) is 2.05. The second kappa shape index (κ2) is 4.43. The maximum atomic E-state index is 13.7. The highest BCUT2D eigenvalue weighted by atomic mass is 79.9. The van der Waals surface area contributed by atoms with Gasteiger partial charge in [-0.2, -0.15) is 0 Å². The minimum absolute atomic E-state index is 0.0590. The lowest BCUT2D eigenvalue weighted by Crippen LogP contribution is -1.94. The Bertz CT molecular complexity index is 548. The van der Waals surface area contributed by atoms with Crippen LogP contribution in [0.2, 0.25) is 5.28 Å². The molecule has 6 heteroatoms. The molecule has 1 aromatic carbocycles. The van der Waals surface area contributed by atoms with E-state index in [0.717, 1.165) is 6.07 Å². The molecule has 0 saturated carbocycles. The Balaban J connectivity index is 2.68. The summed E-state index contributed by atoms with van der Waals surface area (Å²) in [7, 11) is 0. The zero-order chi connectivity index (χ0) is 11.7. The summed E-state index contributed by atoms with van der Waals surface area (Å²) >= 11 is 8.54. The quantitative estimate of drug-likeness (QED) is 0.591. The average Bonchev–Trinajstić information content (AvgIpc) is 2.24. The normalized spacial score (nSPS) is 10.5. The molecular formula is C10H4BrClF2N2. The van der Waals surface area contributed by atoms with Gasteiger partial charge in [-0.25, -0.2) is 18.7 Å². The van der Waals surface area contributed by atoms with Gasteiger partial charge in [0.25, 0.3) is 0 Å². The molecule has 0 radical (unpaired) electrons. The van der Waals surface area contributed by atoms with Crippen molar-refractivity contribution < 1.29 is 8.78 Å². The lowest BCUT2D eigenvalue weighted by atomic mass is 10.1. The van der Waals surface area contributed by atoms with Gasteiger partial charge in [-0.1, -0.05) is 0 Å². The van der Waals surface area contributed by atoms with Crippen LogP contribution < -0.4 is 0 Å². The molecule has 0 N–H and O–H groups in total. The molecule has 0 aliphatic heterocycles. The van der Waals surface area contributed by atoms with Gasteiger partial charge in [0, 0.05) is 6.20 Å². The smallest absolute Gasteiger partial charge is 0.222 e. The summed E-state index contributed by atoms with van der Waals surface area (Å²) in [5.74, 6) is -1.41. The number of hydrogen-bond acceptors (Lipinski definition) is 2. The summed E-state index contributed by atoms with van der Waals surface area (Å²) in [5.41, 5.74) is -0.116. The minimum Gasteiger partial charge on any atom is -0.226 e. The van der Waals surface area contributed by atoms with E-state index in [1.54, 1.807) is 0 Å². The van der Waals surface area contributed by atoms with Gasteiger partial charge in [0.05, 0.1) is 15.7 Å². The molecule has 2 rings (SSSR count). The first kappa shape index (κ1) is 11.4. The highest BCUT2D eigenvalue weighted by Crippen LogP contribution is 2.29. The van der Waals surface area contributed by atoms with Crippen LogP contribution in [0.3, 0.4) is 0 Å². The summed E-state index contributed by atoms with van der Waals surface area (Å²) in [4.78, 5) is 7.40. The third-order valence-corrected chi connectivity index (χ3v) is 2.72. The summed E-state index contributed by atoms with van der Waals surface area (Å²) in [5, 5.41) is -0.0590. The fourth-order valence-corrected chi connectivity index (χ4v) is 1.71. The molecule has 82 valence electrons. The summed E-state index contributed by atoms with van der Waals surface area (Å²) in [6.07, 6.45) is 1.34. The highest BCUT2D eigenvalue weighted by molar-refractivity contribution is 9.10. The maximum absolute atomic E-state index is 13.7. The van der Waals surface area contributed by atoms with E-state index in [9.17, 15) is 8.78 Å². The number of benzene rings is 1. The van der Waals surface area contributed by atoms with Gasteiger partial charge in [0.15, 0.2) is 0 Å². The Morgan fingerprint density at radius 1 is 1.19 bits per heavy atom. The van der Waals surface area contributed by atoms with Crippen LogP contribution in [0.4, 0.5) is 8.78 Å². The molecule has 0 fully saturated rings. The zero-order valence-electron chi connectivity index (χ0n) is 7.72. The molecule has 0 saturated heterocycles. The summed E-state index contributed by atoms with van der Waals surface area (Å²) in [6, 6.07) is 3.83. The molecular weight excluding hydrogens is 301 g/mol. The van der Waals surface area contributed by atoms with Crippen molar-refractivity contribution in [2.24, 2.45) is 0 Å². The van der Waals surface area contributed by atoms with Crippen LogP contribution in [0.5, 0.6) is 0 Å². The molecule has 2 aromatic rings. The number of halogens is 4. The van der Waals surface area contributed by atoms with Gasteiger partial charge >= 0.3 is 0 Å². The first-order chi connectivity index (χ1) is 7.59. The van der Waals surface area contributed by atoms with Crippen molar-refractivity contribution in [3.05, 3.63) is 45.8 Å². The lowest BCUT2D eigenvalue weighted by Gasteiger charge is -2.05. The van der Waals surface area contributed by atoms with Crippen molar-refractivity contribution in [2.75, 3.05) is 0 Å². The largest absolute Gasteiger partial charge is 0.226 e. The van der Waals surface area contributed by atoms with E-state index in [-0.39, 0.29) is 21.0 Å². The van der Waals surface area contributed by atoms with E-state index in [1.165, 1.54) is 18.3 Å². The van der Waals surface area contributed by atoms with Crippen molar-refractivity contribution in [1.82, 2.24) is 9.97 Å². The molecule has 0 bridgehead atoms. The number of hydrogen-bond donors (Lipinski definition) is 0. The topological polar surface area (TPSA) is 25.8 Å². The van der Waals surface area contributed by atoms with E-state index >= 15 is 0 Å². The van der Waals surface area contributed by atoms with Crippen molar-refractivity contribution in [3.63, 3.8) is 0 Å². The second-order valence-electron chi connectivity index (χ2n) is 2.93. The molecule has 0 aliphatic rings. The van der Waals surface area contributed by atoms with Gasteiger partial charge < -0.3 is 0 Å². The van der Waals surface area contributed by atoms with Crippen LogP contribution >= 0.6 is 27.5 Å². The Labute approximate surface area is 103 Å². The van der Waals surface area contributed by atoms with Crippen LogP contribution in [0.25, 0.3) is 11.3 Å². The summed E-state index contributed by atoms with van der Waals surface area (Å²) < 4.78 is 27.3. The Morgan fingerprint density at radius 3 is 2.62 bits per heavy atom. The van der Waals surface area contributed by atoms with Gasteiger partial charge in [-0.3, -0.25) is 0 Å². The highest BCUT2D eigenvalue weighted by Gasteiger charge is 2.15. The van der Waals surface area contributed by atoms with E-state index in [0.29, 0.717) is 0 Å². The Morgan fingerprint density at radius 2 is 1.94 bits per heavy atom. The van der Waals surface area contributed by atoms with E-state index in [1.807, 2.05) is 0 Å². The maximum Gasteiger partial charge on any atom is 0.222 e. The average molecular weight is 306 g/mol. The standard InChI is InChI=1S/C10H4BrClF2N2/c11-5-1-2-6(13)8(9(5)14)7-3-4-15-10(12)16-7/h1-4H. The van der Waals surface area contributed by atoms with Crippen LogP contribution in [-0.4, -0.2) is 9.97 Å². The predicted octanol–water partition coefficient (Wildman–Crippen LogP) is 3.84. The first-order valence-electron chi connectivity index (χ1n) is 4.22. The molecule has 16 heavy (non-hydrogen) atoms. The number of aromatic nitrogens is 2. The number of rotatable bonds is 1. The molecule has 1 heterocycles. The first-order valence-corrected chi connectivity index (χ1v) is 5.39. The van der Waals surface area contributed by atoms with E-state index in [4.69, 9.17) is 11.6 Å². The molecule has 0 spiro atoms. The number of nitrogens with zero attached hydrogens (tertiary/aromatic N) is 2. The Hall–Kier alpha value is -1.07. The molecule has 0 unspecified atom stereocenters. The molecule has 1 aromatic heterocycles. The van der Waals surface area contributed by atoms with Gasteiger partial charge in [0.1, 0.15) is 11.6 Å². The molecule has 0 aliphatic carbocycles. The van der Waals surface area contributed by atoms with Gasteiger partial charge in [-0.05, 0) is 45.7 Å².